The Hall–Kier alpha value is -1.38. The maximum Gasteiger partial charge on any atom is 0.232 e. The first-order chi connectivity index (χ1) is 6.63. The van der Waals surface area contributed by atoms with E-state index in [1.807, 2.05) is 12.1 Å². The second-order valence-electron chi connectivity index (χ2n) is 3.65. The summed E-state index contributed by atoms with van der Waals surface area (Å²) in [4.78, 5) is 4.33. The Kier molecular flexibility index (Phi) is 3.63. The predicted octanol–water partition coefficient (Wildman–Crippen LogP) is 2.25. The van der Waals surface area contributed by atoms with E-state index in [4.69, 9.17) is 10.1 Å². The van der Waals surface area contributed by atoms with Crippen molar-refractivity contribution in [2.24, 2.45) is 5.92 Å². The molecule has 1 heterocycles. The molecule has 3 heteroatoms. The van der Waals surface area contributed by atoms with E-state index in [2.05, 4.69) is 18.8 Å². The van der Waals surface area contributed by atoms with Gasteiger partial charge in [-0.1, -0.05) is 19.9 Å². The second kappa shape index (κ2) is 4.74. The van der Waals surface area contributed by atoms with Crippen LogP contribution in [-0.2, 0) is 11.2 Å². The van der Waals surface area contributed by atoms with Crippen LogP contribution in [0.15, 0.2) is 18.2 Å². The highest BCUT2D eigenvalue weighted by molar-refractivity contribution is 5.89. The van der Waals surface area contributed by atoms with Crippen LogP contribution >= 0.6 is 0 Å². The van der Waals surface area contributed by atoms with Gasteiger partial charge < -0.3 is 4.74 Å². The molecule has 3 nitrogen and oxygen atoms in total. The molecule has 0 aliphatic heterocycles. The van der Waals surface area contributed by atoms with E-state index in [9.17, 15) is 0 Å². The Morgan fingerprint density at radius 3 is 2.79 bits per heavy atom. The molecular weight excluding hydrogens is 176 g/mol. The molecule has 0 amide bonds. The SMILES string of the molecule is COC(=N)c1cccc(CC(C)C)n1. The molecule has 1 aromatic rings. The summed E-state index contributed by atoms with van der Waals surface area (Å²) < 4.78 is 4.82. The van der Waals surface area contributed by atoms with E-state index in [1.54, 1.807) is 6.07 Å². The van der Waals surface area contributed by atoms with Crippen molar-refractivity contribution >= 4 is 5.90 Å². The van der Waals surface area contributed by atoms with E-state index in [0.29, 0.717) is 11.6 Å². The molecule has 0 fully saturated rings. The molecule has 0 radical (unpaired) electrons. The fourth-order valence-electron chi connectivity index (χ4n) is 1.24. The van der Waals surface area contributed by atoms with Gasteiger partial charge in [0.1, 0.15) is 5.69 Å². The topological polar surface area (TPSA) is 46.0 Å². The van der Waals surface area contributed by atoms with Crippen LogP contribution in [0, 0.1) is 11.3 Å². The van der Waals surface area contributed by atoms with Gasteiger partial charge in [-0.05, 0) is 24.5 Å². The average Bonchev–Trinajstić information content (AvgIpc) is 2.16. The summed E-state index contributed by atoms with van der Waals surface area (Å²) in [5.74, 6) is 0.699. The number of pyridine rings is 1. The summed E-state index contributed by atoms with van der Waals surface area (Å²) in [5.41, 5.74) is 1.62. The molecule has 14 heavy (non-hydrogen) atoms. The Labute approximate surface area is 84.6 Å². The lowest BCUT2D eigenvalue weighted by Crippen LogP contribution is -2.07. The molecule has 0 spiro atoms. The number of hydrogen-bond acceptors (Lipinski definition) is 3. The zero-order chi connectivity index (χ0) is 10.6. The first kappa shape index (κ1) is 10.7. The average molecular weight is 192 g/mol. The fraction of sp³-hybridized carbons (Fsp3) is 0.455. The molecule has 0 bridgehead atoms. The van der Waals surface area contributed by atoms with E-state index in [0.717, 1.165) is 12.1 Å². The Morgan fingerprint density at radius 1 is 1.50 bits per heavy atom. The summed E-state index contributed by atoms with van der Waals surface area (Å²) >= 11 is 0. The number of rotatable bonds is 3. The van der Waals surface area contributed by atoms with Crippen molar-refractivity contribution in [2.45, 2.75) is 20.3 Å². The van der Waals surface area contributed by atoms with E-state index in [-0.39, 0.29) is 5.90 Å². The van der Waals surface area contributed by atoms with Gasteiger partial charge in [-0.15, -0.1) is 0 Å². The Morgan fingerprint density at radius 2 is 2.21 bits per heavy atom. The number of methoxy groups -OCH3 is 1. The van der Waals surface area contributed by atoms with Gasteiger partial charge >= 0.3 is 0 Å². The highest BCUT2D eigenvalue weighted by Crippen LogP contribution is 2.06. The summed E-state index contributed by atoms with van der Waals surface area (Å²) in [6, 6.07) is 5.68. The number of nitrogens with zero attached hydrogens (tertiary/aromatic N) is 1. The van der Waals surface area contributed by atoms with Crippen LogP contribution in [0.25, 0.3) is 0 Å². The van der Waals surface area contributed by atoms with Crippen molar-refractivity contribution in [2.75, 3.05) is 7.11 Å². The summed E-state index contributed by atoms with van der Waals surface area (Å²) in [7, 11) is 1.49. The van der Waals surface area contributed by atoms with Crippen LogP contribution in [0.2, 0.25) is 0 Å². The van der Waals surface area contributed by atoms with Crippen molar-refractivity contribution in [1.82, 2.24) is 4.98 Å². The van der Waals surface area contributed by atoms with Crippen molar-refractivity contribution in [3.05, 3.63) is 29.6 Å². The van der Waals surface area contributed by atoms with Crippen LogP contribution < -0.4 is 0 Å². The number of ether oxygens (including phenoxy) is 1. The molecule has 0 atom stereocenters. The first-order valence-corrected chi connectivity index (χ1v) is 4.72. The minimum atomic E-state index is 0.121. The van der Waals surface area contributed by atoms with Gasteiger partial charge in [0, 0.05) is 5.69 Å². The van der Waals surface area contributed by atoms with E-state index >= 15 is 0 Å². The van der Waals surface area contributed by atoms with Gasteiger partial charge in [0.25, 0.3) is 0 Å². The van der Waals surface area contributed by atoms with Crippen LogP contribution in [0.5, 0.6) is 0 Å². The summed E-state index contributed by atoms with van der Waals surface area (Å²) in [6.45, 7) is 4.30. The normalized spacial score (nSPS) is 10.3. The smallest absolute Gasteiger partial charge is 0.232 e. The van der Waals surface area contributed by atoms with E-state index in [1.165, 1.54) is 7.11 Å². The van der Waals surface area contributed by atoms with Gasteiger partial charge in [-0.2, -0.15) is 0 Å². The van der Waals surface area contributed by atoms with Crippen molar-refractivity contribution in [1.29, 1.82) is 5.41 Å². The predicted molar refractivity (Wildman–Crippen MR) is 56.6 cm³/mol. The largest absolute Gasteiger partial charge is 0.480 e. The molecule has 0 saturated heterocycles. The third-order valence-corrected chi connectivity index (χ3v) is 1.86. The van der Waals surface area contributed by atoms with Gasteiger partial charge in [-0.25, -0.2) is 4.98 Å². The van der Waals surface area contributed by atoms with E-state index < -0.39 is 0 Å². The highest BCUT2D eigenvalue weighted by Gasteiger charge is 2.04. The molecule has 1 aromatic heterocycles. The quantitative estimate of drug-likeness (QED) is 0.589. The molecule has 0 unspecified atom stereocenters. The van der Waals surface area contributed by atoms with Gasteiger partial charge in [-0.3, -0.25) is 5.41 Å². The molecular formula is C11H16N2O. The van der Waals surface area contributed by atoms with Gasteiger partial charge in [0.05, 0.1) is 7.11 Å². The maximum absolute atomic E-state index is 7.47. The van der Waals surface area contributed by atoms with Crippen LogP contribution in [-0.4, -0.2) is 18.0 Å². The molecule has 1 N–H and O–H groups in total. The minimum Gasteiger partial charge on any atom is -0.480 e. The maximum atomic E-state index is 7.47. The van der Waals surface area contributed by atoms with Crippen LogP contribution in [0.1, 0.15) is 25.2 Å². The molecule has 0 saturated carbocycles. The number of hydrogen-bond donors (Lipinski definition) is 1. The van der Waals surface area contributed by atoms with Gasteiger partial charge in [0.15, 0.2) is 0 Å². The minimum absolute atomic E-state index is 0.121. The van der Waals surface area contributed by atoms with Gasteiger partial charge in [0.2, 0.25) is 5.90 Å². The second-order valence-corrected chi connectivity index (χ2v) is 3.65. The fourth-order valence-corrected chi connectivity index (χ4v) is 1.24. The monoisotopic (exact) mass is 192 g/mol. The lowest BCUT2D eigenvalue weighted by molar-refractivity contribution is 0.399. The van der Waals surface area contributed by atoms with Crippen LogP contribution in [0.3, 0.4) is 0 Å². The molecule has 0 aliphatic carbocycles. The molecule has 1 rings (SSSR count). The summed E-state index contributed by atoms with van der Waals surface area (Å²) in [5, 5.41) is 7.47. The van der Waals surface area contributed by atoms with Crippen LogP contribution in [0.4, 0.5) is 0 Å². The molecule has 0 aliphatic rings. The first-order valence-electron chi connectivity index (χ1n) is 4.72. The number of aromatic nitrogens is 1. The third kappa shape index (κ3) is 2.83. The Bertz CT molecular complexity index is 321. The molecule has 0 aromatic carbocycles. The molecule has 76 valence electrons. The lowest BCUT2D eigenvalue weighted by Gasteiger charge is -2.06. The summed E-state index contributed by atoms with van der Waals surface area (Å²) in [6.07, 6.45) is 0.935. The van der Waals surface area contributed by atoms with Crippen molar-refractivity contribution in [3.8, 4) is 0 Å². The zero-order valence-electron chi connectivity index (χ0n) is 8.87. The zero-order valence-corrected chi connectivity index (χ0v) is 8.87. The Balaban J connectivity index is 2.84. The highest BCUT2D eigenvalue weighted by atomic mass is 16.5. The number of nitrogens with one attached hydrogen (secondary N) is 1. The lowest BCUT2D eigenvalue weighted by atomic mass is 10.1. The standard InChI is InChI=1S/C11H16N2O/c1-8(2)7-9-5-4-6-10(13-9)11(12)14-3/h4-6,8,12H,7H2,1-3H3. The van der Waals surface area contributed by atoms with Crippen molar-refractivity contribution in [3.63, 3.8) is 0 Å². The van der Waals surface area contributed by atoms with Crippen molar-refractivity contribution < 1.29 is 4.74 Å². The third-order valence-electron chi connectivity index (χ3n) is 1.86.